The van der Waals surface area contributed by atoms with E-state index in [1.165, 1.54) is 11.6 Å². The smallest absolute Gasteiger partial charge is 0.255 e. The number of carbonyl (C=O) groups excluding carboxylic acids is 1. The second-order valence-corrected chi connectivity index (χ2v) is 5.70. The maximum absolute atomic E-state index is 13.5. The van der Waals surface area contributed by atoms with E-state index in [0.29, 0.717) is 11.1 Å². The fourth-order valence-corrected chi connectivity index (χ4v) is 2.29. The van der Waals surface area contributed by atoms with Crippen LogP contribution in [0.1, 0.15) is 27.9 Å². The van der Waals surface area contributed by atoms with Crippen molar-refractivity contribution in [2.75, 3.05) is 10.6 Å². The third-order valence-corrected chi connectivity index (χ3v) is 3.78. The van der Waals surface area contributed by atoms with Gasteiger partial charge in [0.05, 0.1) is 0 Å². The van der Waals surface area contributed by atoms with E-state index in [9.17, 15) is 9.18 Å². The molecule has 0 radical (unpaired) electrons. The minimum absolute atomic E-state index is 0.299. The molecular weight excluding hydrogens is 333 g/mol. The molecule has 0 aliphatic rings. The van der Waals surface area contributed by atoms with Crippen LogP contribution < -0.4 is 5.32 Å². The molecule has 2 aromatic carbocycles. The number of amides is 1. The zero-order valence-corrected chi connectivity index (χ0v) is 13.4. The van der Waals surface area contributed by atoms with Crippen LogP contribution in [0.4, 0.5) is 10.1 Å². The number of rotatable bonds is 5. The van der Waals surface area contributed by atoms with Crippen molar-refractivity contribution in [1.82, 2.24) is 0 Å². The van der Waals surface area contributed by atoms with E-state index in [1.807, 2.05) is 24.3 Å². The number of halogens is 2. The van der Waals surface area contributed by atoms with Gasteiger partial charge in [0, 0.05) is 16.6 Å². The quantitative estimate of drug-likeness (QED) is 0.777. The van der Waals surface area contributed by atoms with Gasteiger partial charge in [0.1, 0.15) is 5.82 Å². The number of anilines is 1. The molecule has 4 heteroatoms. The average molecular weight is 350 g/mol. The average Bonchev–Trinajstić information content (AvgIpc) is 2.48. The molecule has 1 N–H and O–H groups in total. The summed E-state index contributed by atoms with van der Waals surface area (Å²) in [6.07, 6.45) is 1.99. The van der Waals surface area contributed by atoms with Crippen molar-refractivity contribution in [3.8, 4) is 0 Å². The van der Waals surface area contributed by atoms with Gasteiger partial charge in [-0.25, -0.2) is 4.39 Å². The van der Waals surface area contributed by atoms with Crippen LogP contribution in [0.5, 0.6) is 0 Å². The molecule has 0 atom stereocenters. The third-order valence-electron chi connectivity index (χ3n) is 3.22. The normalized spacial score (nSPS) is 10.4. The topological polar surface area (TPSA) is 29.1 Å². The molecule has 0 fully saturated rings. The Kier molecular flexibility index (Phi) is 5.51. The van der Waals surface area contributed by atoms with Crippen molar-refractivity contribution >= 4 is 27.5 Å². The summed E-state index contributed by atoms with van der Waals surface area (Å²) >= 11 is 3.40. The van der Waals surface area contributed by atoms with E-state index in [1.54, 1.807) is 19.1 Å². The Balaban J connectivity index is 2.10. The lowest BCUT2D eigenvalue weighted by molar-refractivity contribution is 0.102. The Morgan fingerprint density at radius 1 is 1.24 bits per heavy atom. The molecule has 0 unspecified atom stereocenters. The van der Waals surface area contributed by atoms with Crippen LogP contribution >= 0.6 is 15.9 Å². The van der Waals surface area contributed by atoms with Gasteiger partial charge in [-0.15, -0.1) is 0 Å². The van der Waals surface area contributed by atoms with Crippen LogP contribution in [0.15, 0.2) is 42.5 Å². The predicted molar refractivity (Wildman–Crippen MR) is 87.6 cm³/mol. The van der Waals surface area contributed by atoms with Gasteiger partial charge in [-0.2, -0.15) is 0 Å². The molecule has 0 saturated carbocycles. The van der Waals surface area contributed by atoms with Gasteiger partial charge < -0.3 is 5.32 Å². The van der Waals surface area contributed by atoms with Gasteiger partial charge in [0.2, 0.25) is 0 Å². The zero-order chi connectivity index (χ0) is 15.2. The SMILES string of the molecule is Cc1ccc(C(=O)Nc2cccc(CCCBr)c2)cc1F. The summed E-state index contributed by atoms with van der Waals surface area (Å²) in [6.45, 7) is 1.67. The van der Waals surface area contributed by atoms with E-state index < -0.39 is 0 Å². The third kappa shape index (κ3) is 4.39. The van der Waals surface area contributed by atoms with Gasteiger partial charge in [0.25, 0.3) is 5.91 Å². The van der Waals surface area contributed by atoms with Gasteiger partial charge in [-0.05, 0) is 55.2 Å². The van der Waals surface area contributed by atoms with E-state index in [-0.39, 0.29) is 11.7 Å². The molecule has 0 bridgehead atoms. The first-order valence-electron chi connectivity index (χ1n) is 6.82. The Bertz CT molecular complexity index is 642. The molecule has 2 nitrogen and oxygen atoms in total. The molecule has 0 spiro atoms. The number of hydrogen-bond acceptors (Lipinski definition) is 1. The summed E-state index contributed by atoms with van der Waals surface area (Å²) in [7, 11) is 0. The molecule has 1 amide bonds. The first kappa shape index (κ1) is 15.7. The summed E-state index contributed by atoms with van der Waals surface area (Å²) in [4.78, 5) is 12.1. The Labute approximate surface area is 132 Å². The summed E-state index contributed by atoms with van der Waals surface area (Å²) in [5, 5.41) is 3.76. The summed E-state index contributed by atoms with van der Waals surface area (Å²) in [5.41, 5.74) is 2.75. The van der Waals surface area contributed by atoms with E-state index in [4.69, 9.17) is 0 Å². The molecule has 0 aliphatic carbocycles. The molecule has 0 heterocycles. The molecule has 0 saturated heterocycles. The number of carbonyl (C=O) groups is 1. The lowest BCUT2D eigenvalue weighted by atomic mass is 10.1. The largest absolute Gasteiger partial charge is 0.322 e. The Hall–Kier alpha value is -1.68. The lowest BCUT2D eigenvalue weighted by Crippen LogP contribution is -2.12. The summed E-state index contributed by atoms with van der Waals surface area (Å²) in [5.74, 6) is -0.666. The van der Waals surface area contributed by atoms with E-state index in [0.717, 1.165) is 23.9 Å². The maximum Gasteiger partial charge on any atom is 0.255 e. The number of aryl methyl sites for hydroxylation is 2. The van der Waals surface area contributed by atoms with Crippen molar-refractivity contribution < 1.29 is 9.18 Å². The number of nitrogens with one attached hydrogen (secondary N) is 1. The fraction of sp³-hybridized carbons (Fsp3) is 0.235. The predicted octanol–water partition coefficient (Wildman–Crippen LogP) is 4.71. The van der Waals surface area contributed by atoms with Crippen LogP contribution in [0.2, 0.25) is 0 Å². The maximum atomic E-state index is 13.5. The van der Waals surface area contributed by atoms with Crippen molar-refractivity contribution in [1.29, 1.82) is 0 Å². The molecule has 0 aromatic heterocycles. The van der Waals surface area contributed by atoms with Crippen molar-refractivity contribution in [3.63, 3.8) is 0 Å². The number of alkyl halides is 1. The van der Waals surface area contributed by atoms with Crippen molar-refractivity contribution in [2.45, 2.75) is 19.8 Å². The Morgan fingerprint density at radius 2 is 2.05 bits per heavy atom. The molecular formula is C17H17BrFNO. The second kappa shape index (κ2) is 7.36. The van der Waals surface area contributed by atoms with Gasteiger partial charge in [0.15, 0.2) is 0 Å². The summed E-state index contributed by atoms with van der Waals surface area (Å²) in [6, 6.07) is 12.2. The van der Waals surface area contributed by atoms with E-state index >= 15 is 0 Å². The van der Waals surface area contributed by atoms with Crippen molar-refractivity contribution in [2.24, 2.45) is 0 Å². The monoisotopic (exact) mass is 349 g/mol. The standard InChI is InChI=1S/C17H17BrFNO/c1-12-7-8-14(11-16(12)19)17(21)20-15-6-2-4-13(10-15)5-3-9-18/h2,4,6-8,10-11H,3,5,9H2,1H3,(H,20,21). The molecule has 2 rings (SSSR count). The highest BCUT2D eigenvalue weighted by Crippen LogP contribution is 2.15. The zero-order valence-electron chi connectivity index (χ0n) is 11.8. The highest BCUT2D eigenvalue weighted by molar-refractivity contribution is 9.09. The first-order valence-corrected chi connectivity index (χ1v) is 7.94. The number of hydrogen-bond donors (Lipinski definition) is 1. The summed E-state index contributed by atoms with van der Waals surface area (Å²) < 4.78 is 13.5. The first-order chi connectivity index (χ1) is 10.1. The van der Waals surface area contributed by atoms with Gasteiger partial charge >= 0.3 is 0 Å². The lowest BCUT2D eigenvalue weighted by Gasteiger charge is -2.08. The number of benzene rings is 2. The van der Waals surface area contributed by atoms with Crippen LogP contribution in [-0.2, 0) is 6.42 Å². The molecule has 21 heavy (non-hydrogen) atoms. The van der Waals surface area contributed by atoms with E-state index in [2.05, 4.69) is 21.2 Å². The van der Waals surface area contributed by atoms with Crippen LogP contribution in [0, 0.1) is 12.7 Å². The molecule has 2 aromatic rings. The second-order valence-electron chi connectivity index (χ2n) is 4.91. The minimum atomic E-state index is -0.367. The van der Waals surface area contributed by atoms with Gasteiger partial charge in [-0.3, -0.25) is 4.79 Å². The molecule has 0 aliphatic heterocycles. The highest BCUT2D eigenvalue weighted by Gasteiger charge is 2.08. The Morgan fingerprint density at radius 3 is 2.76 bits per heavy atom. The fourth-order valence-electron chi connectivity index (χ4n) is 2.01. The van der Waals surface area contributed by atoms with Crippen LogP contribution in [-0.4, -0.2) is 11.2 Å². The van der Waals surface area contributed by atoms with Gasteiger partial charge in [-0.1, -0.05) is 34.1 Å². The van der Waals surface area contributed by atoms with Crippen molar-refractivity contribution in [3.05, 3.63) is 65.0 Å². The van der Waals surface area contributed by atoms with Crippen LogP contribution in [0.3, 0.4) is 0 Å². The highest BCUT2D eigenvalue weighted by atomic mass is 79.9. The molecule has 110 valence electrons. The van der Waals surface area contributed by atoms with Crippen LogP contribution in [0.25, 0.3) is 0 Å². The minimum Gasteiger partial charge on any atom is -0.322 e.